The van der Waals surface area contributed by atoms with Crippen molar-refractivity contribution in [2.75, 3.05) is 32.5 Å². The number of nitrogen functional groups attached to an aromatic ring is 1. The number of rotatable bonds is 6. The van der Waals surface area contributed by atoms with Gasteiger partial charge in [-0.05, 0) is 31.7 Å². The van der Waals surface area contributed by atoms with E-state index in [2.05, 4.69) is 4.90 Å². The predicted molar refractivity (Wildman–Crippen MR) is 73.7 cm³/mol. The number of likely N-dealkylation sites (N-methyl/N-ethyl adjacent to an activating group) is 1. The van der Waals surface area contributed by atoms with E-state index in [4.69, 9.17) is 33.7 Å². The minimum Gasteiger partial charge on any atom is -0.396 e. The predicted octanol–water partition coefficient (Wildman–Crippen LogP) is 3.04. The fraction of sp³-hybridized carbons (Fsp3) is 0.500. The zero-order valence-corrected chi connectivity index (χ0v) is 11.7. The van der Waals surface area contributed by atoms with Crippen LogP contribution >= 0.6 is 23.2 Å². The highest BCUT2D eigenvalue weighted by atomic mass is 35.5. The second-order valence-electron chi connectivity index (χ2n) is 3.91. The lowest BCUT2D eigenvalue weighted by atomic mass is 10.2. The van der Waals surface area contributed by atoms with Crippen molar-refractivity contribution in [2.24, 2.45) is 0 Å². The van der Waals surface area contributed by atoms with Gasteiger partial charge >= 0.3 is 0 Å². The summed E-state index contributed by atoms with van der Waals surface area (Å²) in [6.07, 6.45) is 0. The van der Waals surface area contributed by atoms with E-state index in [0.717, 1.165) is 31.9 Å². The molecule has 96 valence electrons. The van der Waals surface area contributed by atoms with E-state index in [0.29, 0.717) is 15.7 Å². The van der Waals surface area contributed by atoms with Crippen molar-refractivity contribution in [2.45, 2.75) is 13.5 Å². The fourth-order valence-corrected chi connectivity index (χ4v) is 2.02. The molecule has 1 aromatic carbocycles. The fourth-order valence-electron chi connectivity index (χ4n) is 1.48. The Kier molecular flexibility index (Phi) is 6.06. The van der Waals surface area contributed by atoms with Crippen LogP contribution in [0, 0.1) is 0 Å². The Morgan fingerprint density at radius 2 is 1.88 bits per heavy atom. The monoisotopic (exact) mass is 276 g/mol. The average molecular weight is 277 g/mol. The van der Waals surface area contributed by atoms with Gasteiger partial charge in [0.1, 0.15) is 0 Å². The van der Waals surface area contributed by atoms with Gasteiger partial charge in [0.15, 0.2) is 0 Å². The standard InChI is InChI=1S/C12H18Cl2N2O/c1-3-17-5-4-16(2)8-9-6-10(13)12(15)11(14)7-9/h6-7H,3-5,8,15H2,1-2H3. The third-order valence-corrected chi connectivity index (χ3v) is 3.04. The summed E-state index contributed by atoms with van der Waals surface area (Å²) in [5, 5.41) is 1.01. The zero-order chi connectivity index (χ0) is 12.8. The third-order valence-electron chi connectivity index (χ3n) is 2.41. The van der Waals surface area contributed by atoms with Gasteiger partial charge in [-0.25, -0.2) is 0 Å². The van der Waals surface area contributed by atoms with Gasteiger partial charge < -0.3 is 10.5 Å². The maximum atomic E-state index is 5.98. The number of halogens is 2. The summed E-state index contributed by atoms with van der Waals surface area (Å²) in [7, 11) is 2.02. The Morgan fingerprint density at radius 3 is 2.41 bits per heavy atom. The molecule has 17 heavy (non-hydrogen) atoms. The number of ether oxygens (including phenoxy) is 1. The Labute approximate surface area is 112 Å². The molecule has 0 amide bonds. The lowest BCUT2D eigenvalue weighted by Gasteiger charge is -2.17. The molecule has 0 unspecified atom stereocenters. The summed E-state index contributed by atoms with van der Waals surface area (Å²) < 4.78 is 5.29. The van der Waals surface area contributed by atoms with Gasteiger partial charge in [-0.3, -0.25) is 4.90 Å². The van der Waals surface area contributed by atoms with E-state index in [1.165, 1.54) is 0 Å². The third kappa shape index (κ3) is 4.72. The van der Waals surface area contributed by atoms with Crippen LogP contribution in [0.5, 0.6) is 0 Å². The lowest BCUT2D eigenvalue weighted by molar-refractivity contribution is 0.120. The van der Waals surface area contributed by atoms with Crippen LogP contribution < -0.4 is 5.73 Å². The maximum absolute atomic E-state index is 5.98. The van der Waals surface area contributed by atoms with E-state index in [1.807, 2.05) is 26.1 Å². The van der Waals surface area contributed by atoms with E-state index in [9.17, 15) is 0 Å². The van der Waals surface area contributed by atoms with Crippen LogP contribution in [0.4, 0.5) is 5.69 Å². The van der Waals surface area contributed by atoms with Crippen LogP contribution in [0.25, 0.3) is 0 Å². The molecule has 1 rings (SSSR count). The molecule has 0 saturated carbocycles. The van der Waals surface area contributed by atoms with Gasteiger partial charge in [0.25, 0.3) is 0 Å². The first-order chi connectivity index (χ1) is 8.04. The summed E-state index contributed by atoms with van der Waals surface area (Å²) in [4.78, 5) is 2.15. The van der Waals surface area contributed by atoms with Crippen LogP contribution in [0.3, 0.4) is 0 Å². The molecule has 0 aliphatic carbocycles. The molecular formula is C12H18Cl2N2O. The molecular weight excluding hydrogens is 259 g/mol. The molecule has 0 bridgehead atoms. The van der Waals surface area contributed by atoms with Crippen LogP contribution in [0.1, 0.15) is 12.5 Å². The van der Waals surface area contributed by atoms with Crippen LogP contribution in [-0.2, 0) is 11.3 Å². The normalized spacial score (nSPS) is 11.1. The maximum Gasteiger partial charge on any atom is 0.0693 e. The quantitative estimate of drug-likeness (QED) is 0.641. The number of anilines is 1. The second-order valence-corrected chi connectivity index (χ2v) is 4.72. The molecule has 0 aromatic heterocycles. The molecule has 2 N–H and O–H groups in total. The number of nitrogens with two attached hydrogens (primary N) is 1. The van der Waals surface area contributed by atoms with E-state index < -0.39 is 0 Å². The molecule has 3 nitrogen and oxygen atoms in total. The Balaban J connectivity index is 2.56. The van der Waals surface area contributed by atoms with Crippen molar-refractivity contribution in [1.82, 2.24) is 4.90 Å². The summed E-state index contributed by atoms with van der Waals surface area (Å²) in [6, 6.07) is 3.69. The average Bonchev–Trinajstić information content (AvgIpc) is 2.26. The highest BCUT2D eigenvalue weighted by molar-refractivity contribution is 6.38. The number of benzene rings is 1. The summed E-state index contributed by atoms with van der Waals surface area (Å²) in [6.45, 7) is 5.09. The zero-order valence-electron chi connectivity index (χ0n) is 10.2. The molecule has 0 radical (unpaired) electrons. The summed E-state index contributed by atoms with van der Waals surface area (Å²) in [5.74, 6) is 0. The molecule has 0 saturated heterocycles. The minimum atomic E-state index is 0.439. The van der Waals surface area contributed by atoms with Crippen molar-refractivity contribution in [3.8, 4) is 0 Å². The SMILES string of the molecule is CCOCCN(C)Cc1cc(Cl)c(N)c(Cl)c1. The molecule has 0 spiro atoms. The Morgan fingerprint density at radius 1 is 1.29 bits per heavy atom. The molecule has 0 aliphatic heterocycles. The van der Waals surface area contributed by atoms with Crippen molar-refractivity contribution >= 4 is 28.9 Å². The van der Waals surface area contributed by atoms with Crippen molar-refractivity contribution in [3.05, 3.63) is 27.7 Å². The Hall–Kier alpha value is -0.480. The van der Waals surface area contributed by atoms with Crippen molar-refractivity contribution < 1.29 is 4.74 Å². The van der Waals surface area contributed by atoms with Crippen LogP contribution in [-0.4, -0.2) is 31.7 Å². The van der Waals surface area contributed by atoms with E-state index in [-0.39, 0.29) is 0 Å². The molecule has 0 fully saturated rings. The van der Waals surface area contributed by atoms with Crippen LogP contribution in [0.15, 0.2) is 12.1 Å². The molecule has 5 heteroatoms. The molecule has 0 aliphatic rings. The molecule has 0 atom stereocenters. The first-order valence-corrected chi connectivity index (χ1v) is 6.29. The highest BCUT2D eigenvalue weighted by Gasteiger charge is 2.06. The smallest absolute Gasteiger partial charge is 0.0693 e. The largest absolute Gasteiger partial charge is 0.396 e. The lowest BCUT2D eigenvalue weighted by Crippen LogP contribution is -2.22. The van der Waals surface area contributed by atoms with E-state index >= 15 is 0 Å². The first kappa shape index (κ1) is 14.6. The van der Waals surface area contributed by atoms with Crippen LogP contribution in [0.2, 0.25) is 10.0 Å². The number of hydrogen-bond donors (Lipinski definition) is 1. The molecule has 0 heterocycles. The second kappa shape index (κ2) is 7.07. The topological polar surface area (TPSA) is 38.5 Å². The number of nitrogens with zero attached hydrogens (tertiary/aromatic N) is 1. The number of hydrogen-bond acceptors (Lipinski definition) is 3. The van der Waals surface area contributed by atoms with Gasteiger partial charge in [0.2, 0.25) is 0 Å². The summed E-state index contributed by atoms with van der Waals surface area (Å²) in [5.41, 5.74) is 7.17. The van der Waals surface area contributed by atoms with Gasteiger partial charge in [0, 0.05) is 19.7 Å². The first-order valence-electron chi connectivity index (χ1n) is 5.54. The molecule has 1 aromatic rings. The van der Waals surface area contributed by atoms with Gasteiger partial charge in [-0.15, -0.1) is 0 Å². The summed E-state index contributed by atoms with van der Waals surface area (Å²) >= 11 is 12.0. The van der Waals surface area contributed by atoms with E-state index in [1.54, 1.807) is 0 Å². The minimum absolute atomic E-state index is 0.439. The van der Waals surface area contributed by atoms with Crippen molar-refractivity contribution in [1.29, 1.82) is 0 Å². The van der Waals surface area contributed by atoms with Gasteiger partial charge in [-0.1, -0.05) is 23.2 Å². The van der Waals surface area contributed by atoms with Gasteiger partial charge in [-0.2, -0.15) is 0 Å². The highest BCUT2D eigenvalue weighted by Crippen LogP contribution is 2.29. The van der Waals surface area contributed by atoms with Gasteiger partial charge in [0.05, 0.1) is 22.3 Å². The Bertz CT molecular complexity index is 349. The van der Waals surface area contributed by atoms with Crippen molar-refractivity contribution in [3.63, 3.8) is 0 Å².